The van der Waals surface area contributed by atoms with Crippen LogP contribution in [-0.2, 0) is 13.1 Å². The number of benzene rings is 1. The minimum atomic E-state index is -2.63. The first-order valence-corrected chi connectivity index (χ1v) is 12.8. The zero-order valence-electron chi connectivity index (χ0n) is 20.7. The van der Waals surface area contributed by atoms with Crippen LogP contribution in [0.15, 0.2) is 30.5 Å². The SMILES string of the molecule is COc1cc(F)cnc1N1CCC(c2nnc3n2-c2ccc(Cl)cc2CN(C2(C)CC(F)(F)C2)C3)CC1. The van der Waals surface area contributed by atoms with Crippen molar-refractivity contribution in [2.24, 2.45) is 0 Å². The standard InChI is InChI=1S/C26H28ClF3N6O/c1-25(14-26(29,30)15-25)35-12-17-9-18(27)3-4-20(17)36-22(13-35)32-33-23(36)16-5-7-34(8-6-16)24-21(37-2)10-19(28)11-31-24/h3-4,9-11,16H,5-8,12-15H2,1-2H3. The lowest BCUT2D eigenvalue weighted by Gasteiger charge is -2.51. The number of hydrogen-bond donors (Lipinski definition) is 0. The first-order valence-electron chi connectivity index (χ1n) is 12.5. The Hall–Kier alpha value is -2.85. The number of pyridine rings is 1. The van der Waals surface area contributed by atoms with Crippen molar-refractivity contribution >= 4 is 17.4 Å². The molecule has 3 aromatic rings. The molecule has 1 aromatic carbocycles. The molecule has 2 fully saturated rings. The van der Waals surface area contributed by atoms with E-state index in [1.165, 1.54) is 19.4 Å². The van der Waals surface area contributed by atoms with Crippen molar-refractivity contribution in [3.05, 3.63) is 58.5 Å². The number of alkyl halides is 2. The third-order valence-corrected chi connectivity index (χ3v) is 8.19. The lowest BCUT2D eigenvalue weighted by atomic mass is 9.73. The van der Waals surface area contributed by atoms with Crippen molar-refractivity contribution < 1.29 is 17.9 Å². The normalized spacial score (nSPS) is 21.1. The number of rotatable bonds is 4. The molecule has 196 valence electrons. The van der Waals surface area contributed by atoms with Crippen molar-refractivity contribution in [1.82, 2.24) is 24.6 Å². The Morgan fingerprint density at radius 3 is 2.54 bits per heavy atom. The van der Waals surface area contributed by atoms with Crippen molar-refractivity contribution in [2.45, 2.75) is 63.1 Å². The second kappa shape index (κ2) is 8.87. The molecule has 0 radical (unpaired) electrons. The maximum absolute atomic E-state index is 13.9. The number of aromatic nitrogens is 4. The van der Waals surface area contributed by atoms with Gasteiger partial charge >= 0.3 is 0 Å². The van der Waals surface area contributed by atoms with Gasteiger partial charge in [0.25, 0.3) is 5.92 Å². The van der Waals surface area contributed by atoms with E-state index in [1.807, 2.05) is 25.1 Å². The van der Waals surface area contributed by atoms with Gasteiger partial charge in [-0.3, -0.25) is 9.47 Å². The molecule has 4 heterocycles. The number of piperidine rings is 1. The maximum Gasteiger partial charge on any atom is 0.251 e. The van der Waals surface area contributed by atoms with Crippen LogP contribution in [0.25, 0.3) is 5.69 Å². The Bertz CT molecular complexity index is 1330. The van der Waals surface area contributed by atoms with Crippen molar-refractivity contribution in [2.75, 3.05) is 25.1 Å². The van der Waals surface area contributed by atoms with Crippen LogP contribution < -0.4 is 9.64 Å². The highest BCUT2D eigenvalue weighted by molar-refractivity contribution is 6.30. The van der Waals surface area contributed by atoms with Gasteiger partial charge in [0.15, 0.2) is 17.4 Å². The smallest absolute Gasteiger partial charge is 0.251 e. The fourth-order valence-corrected chi connectivity index (χ4v) is 6.30. The van der Waals surface area contributed by atoms with Gasteiger partial charge in [-0.05, 0) is 43.5 Å². The van der Waals surface area contributed by atoms with Crippen LogP contribution in [0.2, 0.25) is 5.02 Å². The Morgan fingerprint density at radius 1 is 1.08 bits per heavy atom. The van der Waals surface area contributed by atoms with Crippen LogP contribution in [0.3, 0.4) is 0 Å². The quantitative estimate of drug-likeness (QED) is 0.451. The van der Waals surface area contributed by atoms with Crippen LogP contribution in [0, 0.1) is 5.82 Å². The fraction of sp³-hybridized carbons (Fsp3) is 0.500. The molecule has 0 unspecified atom stereocenters. The second-order valence-electron chi connectivity index (χ2n) is 10.6. The number of ether oxygens (including phenoxy) is 1. The first kappa shape index (κ1) is 24.5. The second-order valence-corrected chi connectivity index (χ2v) is 11.0. The summed E-state index contributed by atoms with van der Waals surface area (Å²) in [7, 11) is 1.51. The van der Waals surface area contributed by atoms with Gasteiger partial charge in [0.05, 0.1) is 25.5 Å². The lowest BCUT2D eigenvalue weighted by molar-refractivity contribution is -0.173. The summed E-state index contributed by atoms with van der Waals surface area (Å²) in [5.74, 6) is -0.275. The van der Waals surface area contributed by atoms with Crippen molar-refractivity contribution in [1.29, 1.82) is 0 Å². The van der Waals surface area contributed by atoms with Crippen molar-refractivity contribution in [3.8, 4) is 11.4 Å². The largest absolute Gasteiger partial charge is 0.493 e. The molecule has 0 atom stereocenters. The molecule has 2 aromatic heterocycles. The molecule has 0 spiro atoms. The van der Waals surface area contributed by atoms with E-state index < -0.39 is 17.3 Å². The van der Waals surface area contributed by atoms with Gasteiger partial charge in [-0.1, -0.05) is 11.6 Å². The van der Waals surface area contributed by atoms with E-state index in [0.717, 1.165) is 35.7 Å². The van der Waals surface area contributed by atoms with Crippen LogP contribution in [0.1, 0.15) is 55.7 Å². The van der Waals surface area contributed by atoms with Crippen LogP contribution in [-0.4, -0.2) is 56.3 Å². The number of anilines is 1. The minimum absolute atomic E-state index is 0.141. The van der Waals surface area contributed by atoms with Crippen LogP contribution >= 0.6 is 11.6 Å². The van der Waals surface area contributed by atoms with E-state index >= 15 is 0 Å². The molecule has 6 rings (SSSR count). The van der Waals surface area contributed by atoms with Gasteiger partial charge in [0.2, 0.25) is 0 Å². The van der Waals surface area contributed by atoms with Gasteiger partial charge in [0, 0.05) is 55.0 Å². The summed E-state index contributed by atoms with van der Waals surface area (Å²) in [5, 5.41) is 9.77. The van der Waals surface area contributed by atoms with E-state index in [2.05, 4.69) is 29.5 Å². The number of methoxy groups -OCH3 is 1. The molecule has 0 bridgehead atoms. The lowest BCUT2D eigenvalue weighted by Crippen LogP contribution is -2.59. The average Bonchev–Trinajstić information content (AvgIpc) is 3.18. The summed E-state index contributed by atoms with van der Waals surface area (Å²) in [6, 6.07) is 7.08. The van der Waals surface area contributed by atoms with Crippen LogP contribution in [0.4, 0.5) is 19.0 Å². The van der Waals surface area contributed by atoms with E-state index in [4.69, 9.17) is 16.3 Å². The molecule has 3 aliphatic rings. The Kier molecular flexibility index (Phi) is 5.87. The topological polar surface area (TPSA) is 59.3 Å². The molecule has 0 N–H and O–H groups in total. The zero-order chi connectivity index (χ0) is 25.9. The van der Waals surface area contributed by atoms with E-state index in [0.29, 0.717) is 42.8 Å². The zero-order valence-corrected chi connectivity index (χ0v) is 21.5. The molecule has 1 aliphatic carbocycles. The first-order chi connectivity index (χ1) is 17.7. The number of fused-ring (bicyclic) bond motifs is 3. The maximum atomic E-state index is 13.9. The highest BCUT2D eigenvalue weighted by Crippen LogP contribution is 2.50. The van der Waals surface area contributed by atoms with Crippen molar-refractivity contribution in [3.63, 3.8) is 0 Å². The minimum Gasteiger partial charge on any atom is -0.493 e. The fourth-order valence-electron chi connectivity index (χ4n) is 6.11. The summed E-state index contributed by atoms with van der Waals surface area (Å²) < 4.78 is 48.9. The highest BCUT2D eigenvalue weighted by Gasteiger charge is 2.57. The summed E-state index contributed by atoms with van der Waals surface area (Å²) >= 11 is 6.36. The summed E-state index contributed by atoms with van der Waals surface area (Å²) in [6.45, 7) is 4.25. The molecule has 1 saturated carbocycles. The molecular weight excluding hydrogens is 505 g/mol. The molecule has 11 heteroatoms. The third-order valence-electron chi connectivity index (χ3n) is 7.95. The van der Waals surface area contributed by atoms with E-state index in [1.54, 1.807) is 0 Å². The Labute approximate surface area is 218 Å². The summed E-state index contributed by atoms with van der Waals surface area (Å²) in [4.78, 5) is 8.45. The number of halogens is 4. The van der Waals surface area contributed by atoms with Gasteiger partial charge in [-0.2, -0.15) is 0 Å². The molecule has 37 heavy (non-hydrogen) atoms. The monoisotopic (exact) mass is 532 g/mol. The molecular formula is C26H28ClF3N6O. The van der Waals surface area contributed by atoms with E-state index in [9.17, 15) is 13.2 Å². The third kappa shape index (κ3) is 4.33. The predicted octanol–water partition coefficient (Wildman–Crippen LogP) is 5.35. The van der Waals surface area contributed by atoms with Gasteiger partial charge < -0.3 is 9.64 Å². The molecule has 7 nitrogen and oxygen atoms in total. The molecule has 2 aliphatic heterocycles. The average molecular weight is 533 g/mol. The van der Waals surface area contributed by atoms with Gasteiger partial charge in [0.1, 0.15) is 11.6 Å². The highest BCUT2D eigenvalue weighted by atomic mass is 35.5. The van der Waals surface area contributed by atoms with Crippen LogP contribution in [0.5, 0.6) is 5.75 Å². The number of nitrogens with zero attached hydrogens (tertiary/aromatic N) is 6. The van der Waals surface area contributed by atoms with Gasteiger partial charge in [-0.15, -0.1) is 10.2 Å². The predicted molar refractivity (Wildman–Crippen MR) is 133 cm³/mol. The Morgan fingerprint density at radius 2 is 1.84 bits per heavy atom. The summed E-state index contributed by atoms with van der Waals surface area (Å²) in [5.41, 5.74) is 1.30. The Balaban J connectivity index is 1.29. The molecule has 1 saturated heterocycles. The van der Waals surface area contributed by atoms with Gasteiger partial charge in [-0.25, -0.2) is 18.2 Å². The number of hydrogen-bond acceptors (Lipinski definition) is 6. The molecule has 0 amide bonds. The summed E-state index contributed by atoms with van der Waals surface area (Å²) in [6.07, 6.45) is 2.47. The van der Waals surface area contributed by atoms with E-state index in [-0.39, 0.29) is 18.8 Å².